The molecular formula is C15H18N8O3. The van der Waals surface area contributed by atoms with Gasteiger partial charge in [0.15, 0.2) is 11.2 Å². The molecule has 0 aliphatic carbocycles. The van der Waals surface area contributed by atoms with Gasteiger partial charge in [0.2, 0.25) is 5.91 Å². The standard InChI is InChI=1S/C15H18N8O3/c1-19-13-12(14(25)20(2)15(19)26)22(9-16-13)8-11(24)21-5-3-10(7-21)23-6-4-17-18-23/h4,6,9-10H,3,5,7-8H2,1-2H3. The third-order valence-electron chi connectivity index (χ3n) is 4.85. The second-order valence-corrected chi connectivity index (χ2v) is 6.42. The lowest BCUT2D eigenvalue weighted by molar-refractivity contribution is -0.130. The van der Waals surface area contributed by atoms with E-state index in [0.29, 0.717) is 13.1 Å². The minimum absolute atomic E-state index is 0.00593. The molecule has 0 spiro atoms. The number of fused-ring (bicyclic) bond motifs is 1. The average molecular weight is 358 g/mol. The first-order valence-corrected chi connectivity index (χ1v) is 8.22. The molecule has 26 heavy (non-hydrogen) atoms. The second kappa shape index (κ2) is 5.93. The molecule has 1 aliphatic heterocycles. The smallest absolute Gasteiger partial charge is 0.332 e. The Morgan fingerprint density at radius 3 is 2.81 bits per heavy atom. The number of amides is 1. The molecule has 4 heterocycles. The SMILES string of the molecule is Cn1c(=O)c2c(ncn2CC(=O)N2CCC(n3ccnn3)C2)n(C)c1=O. The summed E-state index contributed by atoms with van der Waals surface area (Å²) in [6, 6.07) is 0.106. The highest BCUT2D eigenvalue weighted by Gasteiger charge is 2.28. The number of likely N-dealkylation sites (tertiary alicyclic amines) is 1. The van der Waals surface area contributed by atoms with Gasteiger partial charge in [-0.25, -0.2) is 14.5 Å². The van der Waals surface area contributed by atoms with E-state index in [4.69, 9.17) is 0 Å². The van der Waals surface area contributed by atoms with E-state index >= 15 is 0 Å². The van der Waals surface area contributed by atoms with Crippen molar-refractivity contribution in [3.05, 3.63) is 39.6 Å². The summed E-state index contributed by atoms with van der Waals surface area (Å²) in [5.74, 6) is -0.108. The monoisotopic (exact) mass is 358 g/mol. The summed E-state index contributed by atoms with van der Waals surface area (Å²) < 4.78 is 5.57. The van der Waals surface area contributed by atoms with Crippen LogP contribution in [0.4, 0.5) is 0 Å². The largest absolute Gasteiger partial charge is 0.339 e. The predicted octanol–water partition coefficient (Wildman–Crippen LogP) is -1.50. The number of carbonyl (C=O) groups excluding carboxylic acids is 1. The average Bonchev–Trinajstić information content (AvgIpc) is 3.37. The van der Waals surface area contributed by atoms with Gasteiger partial charge in [0, 0.05) is 33.4 Å². The Balaban J connectivity index is 1.59. The maximum absolute atomic E-state index is 12.7. The normalized spacial score (nSPS) is 17.3. The van der Waals surface area contributed by atoms with E-state index in [2.05, 4.69) is 15.3 Å². The summed E-state index contributed by atoms with van der Waals surface area (Å²) in [4.78, 5) is 43.0. The fraction of sp³-hybridized carbons (Fsp3) is 0.467. The van der Waals surface area contributed by atoms with Crippen LogP contribution >= 0.6 is 0 Å². The molecule has 1 aliphatic rings. The van der Waals surface area contributed by atoms with Crippen LogP contribution in [0.2, 0.25) is 0 Å². The zero-order valence-corrected chi connectivity index (χ0v) is 14.4. The molecule has 1 unspecified atom stereocenters. The van der Waals surface area contributed by atoms with Crippen molar-refractivity contribution in [3.63, 3.8) is 0 Å². The van der Waals surface area contributed by atoms with E-state index < -0.39 is 11.2 Å². The molecule has 1 atom stereocenters. The summed E-state index contributed by atoms with van der Waals surface area (Å²) >= 11 is 0. The maximum atomic E-state index is 12.7. The van der Waals surface area contributed by atoms with Crippen LogP contribution in [0, 0.1) is 0 Å². The lowest BCUT2D eigenvalue weighted by Crippen LogP contribution is -2.38. The van der Waals surface area contributed by atoms with Gasteiger partial charge in [0.25, 0.3) is 5.56 Å². The van der Waals surface area contributed by atoms with Crippen molar-refractivity contribution in [1.29, 1.82) is 0 Å². The Hall–Kier alpha value is -3.24. The zero-order valence-electron chi connectivity index (χ0n) is 14.4. The quantitative estimate of drug-likeness (QED) is 0.563. The van der Waals surface area contributed by atoms with Crippen molar-refractivity contribution in [1.82, 2.24) is 38.6 Å². The number of carbonyl (C=O) groups is 1. The minimum Gasteiger partial charge on any atom is -0.339 e. The molecular weight excluding hydrogens is 340 g/mol. The molecule has 1 fully saturated rings. The predicted molar refractivity (Wildman–Crippen MR) is 90.5 cm³/mol. The Labute approximate surface area is 147 Å². The molecule has 0 radical (unpaired) electrons. The van der Waals surface area contributed by atoms with Gasteiger partial charge in [-0.3, -0.25) is 18.7 Å². The van der Waals surface area contributed by atoms with Crippen LogP contribution in [0.3, 0.4) is 0 Å². The van der Waals surface area contributed by atoms with Crippen molar-refractivity contribution in [2.45, 2.75) is 19.0 Å². The van der Waals surface area contributed by atoms with E-state index in [-0.39, 0.29) is 29.7 Å². The summed E-state index contributed by atoms with van der Waals surface area (Å²) in [5.41, 5.74) is -0.396. The number of nitrogens with zero attached hydrogens (tertiary/aromatic N) is 8. The van der Waals surface area contributed by atoms with Gasteiger partial charge in [-0.1, -0.05) is 5.21 Å². The van der Waals surface area contributed by atoms with Crippen LogP contribution in [0.15, 0.2) is 28.3 Å². The Morgan fingerprint density at radius 2 is 2.08 bits per heavy atom. The fourth-order valence-electron chi connectivity index (χ4n) is 3.36. The van der Waals surface area contributed by atoms with Gasteiger partial charge in [0.1, 0.15) is 6.54 Å². The second-order valence-electron chi connectivity index (χ2n) is 6.42. The Kier molecular flexibility index (Phi) is 3.71. The molecule has 0 N–H and O–H groups in total. The van der Waals surface area contributed by atoms with Crippen LogP contribution < -0.4 is 11.2 Å². The molecule has 11 heteroatoms. The van der Waals surface area contributed by atoms with Gasteiger partial charge in [-0.2, -0.15) is 0 Å². The highest BCUT2D eigenvalue weighted by atomic mass is 16.2. The van der Waals surface area contributed by atoms with Crippen LogP contribution in [0.5, 0.6) is 0 Å². The van der Waals surface area contributed by atoms with E-state index in [1.165, 1.54) is 22.5 Å². The number of rotatable bonds is 3. The van der Waals surface area contributed by atoms with Crippen LogP contribution in [0.25, 0.3) is 11.2 Å². The first-order chi connectivity index (χ1) is 12.5. The van der Waals surface area contributed by atoms with Crippen molar-refractivity contribution >= 4 is 17.1 Å². The zero-order chi connectivity index (χ0) is 18.4. The molecule has 11 nitrogen and oxygen atoms in total. The molecule has 4 rings (SSSR count). The first kappa shape index (κ1) is 16.2. The first-order valence-electron chi connectivity index (χ1n) is 8.22. The number of imidazole rings is 1. The lowest BCUT2D eigenvalue weighted by atomic mass is 10.3. The number of aryl methyl sites for hydroxylation is 1. The van der Waals surface area contributed by atoms with Crippen molar-refractivity contribution in [2.24, 2.45) is 14.1 Å². The summed E-state index contributed by atoms with van der Waals surface area (Å²) in [7, 11) is 2.96. The van der Waals surface area contributed by atoms with Crippen molar-refractivity contribution in [2.75, 3.05) is 13.1 Å². The highest BCUT2D eigenvalue weighted by molar-refractivity contribution is 5.79. The Morgan fingerprint density at radius 1 is 1.27 bits per heavy atom. The van der Waals surface area contributed by atoms with E-state index in [1.807, 2.05) is 0 Å². The summed E-state index contributed by atoms with van der Waals surface area (Å²) in [6.07, 6.45) is 5.62. The highest BCUT2D eigenvalue weighted by Crippen LogP contribution is 2.20. The van der Waals surface area contributed by atoms with Gasteiger partial charge in [-0.15, -0.1) is 5.10 Å². The molecule has 0 aromatic carbocycles. The van der Waals surface area contributed by atoms with Crippen LogP contribution in [-0.2, 0) is 25.4 Å². The van der Waals surface area contributed by atoms with Crippen LogP contribution in [0.1, 0.15) is 12.5 Å². The fourth-order valence-corrected chi connectivity index (χ4v) is 3.36. The summed E-state index contributed by atoms with van der Waals surface area (Å²) in [6.45, 7) is 1.16. The molecule has 0 saturated carbocycles. The topological polar surface area (TPSA) is 113 Å². The van der Waals surface area contributed by atoms with Gasteiger partial charge in [0.05, 0.1) is 18.6 Å². The molecule has 1 saturated heterocycles. The number of hydrogen-bond donors (Lipinski definition) is 0. The van der Waals surface area contributed by atoms with E-state index in [1.54, 1.807) is 29.0 Å². The van der Waals surface area contributed by atoms with Gasteiger partial charge < -0.3 is 9.47 Å². The van der Waals surface area contributed by atoms with E-state index in [0.717, 1.165) is 11.0 Å². The van der Waals surface area contributed by atoms with Gasteiger partial charge >= 0.3 is 5.69 Å². The molecule has 3 aromatic heterocycles. The molecule has 136 valence electrons. The Bertz CT molecular complexity index is 1090. The number of hydrogen-bond acceptors (Lipinski definition) is 6. The molecule has 3 aromatic rings. The number of aromatic nitrogens is 7. The third kappa shape index (κ3) is 2.43. The minimum atomic E-state index is -0.463. The third-order valence-corrected chi connectivity index (χ3v) is 4.85. The van der Waals surface area contributed by atoms with E-state index in [9.17, 15) is 14.4 Å². The maximum Gasteiger partial charge on any atom is 0.332 e. The van der Waals surface area contributed by atoms with Gasteiger partial charge in [-0.05, 0) is 6.42 Å². The summed E-state index contributed by atoms with van der Waals surface area (Å²) in [5, 5.41) is 7.78. The van der Waals surface area contributed by atoms with Crippen molar-refractivity contribution in [3.8, 4) is 0 Å². The lowest BCUT2D eigenvalue weighted by Gasteiger charge is -2.17. The van der Waals surface area contributed by atoms with Crippen LogP contribution in [-0.4, -0.2) is 57.6 Å². The molecule has 1 amide bonds. The molecule has 0 bridgehead atoms. The van der Waals surface area contributed by atoms with Crippen molar-refractivity contribution < 1.29 is 4.79 Å².